The van der Waals surface area contributed by atoms with Crippen LogP contribution in [0.25, 0.3) is 0 Å². The Kier molecular flexibility index (Phi) is 6.30. The summed E-state index contributed by atoms with van der Waals surface area (Å²) in [6, 6.07) is 2.37. The second-order valence-electron chi connectivity index (χ2n) is 7.64. The van der Waals surface area contributed by atoms with E-state index in [-0.39, 0.29) is 29.0 Å². The Morgan fingerprint density at radius 2 is 1.85 bits per heavy atom. The number of halogens is 1. The average Bonchev–Trinajstić information content (AvgIpc) is 2.59. The molecule has 0 saturated heterocycles. The fraction of sp³-hybridized carbons (Fsp3) is 0.667. The summed E-state index contributed by atoms with van der Waals surface area (Å²) in [6.07, 6.45) is 4.92. The standard InChI is InChI=1S/C18H26ClN5O2/c1-18(2,3)26-17(25)24(5)13-8-6-12(7-9-13)23(4)15-11-21-14(10-20)16(19)22-15/h11-13H,6-9H2,1-5H3/t12-,13-. The molecule has 0 N–H and O–H groups in total. The van der Waals surface area contributed by atoms with Gasteiger partial charge in [-0.2, -0.15) is 5.26 Å². The summed E-state index contributed by atoms with van der Waals surface area (Å²) in [4.78, 5) is 24.3. The number of aromatic nitrogens is 2. The van der Waals surface area contributed by atoms with E-state index >= 15 is 0 Å². The van der Waals surface area contributed by atoms with Gasteiger partial charge < -0.3 is 14.5 Å². The molecule has 0 atom stereocenters. The molecule has 0 bridgehead atoms. The smallest absolute Gasteiger partial charge is 0.410 e. The molecular formula is C18H26ClN5O2. The maximum atomic E-state index is 12.2. The van der Waals surface area contributed by atoms with Crippen molar-refractivity contribution in [3.05, 3.63) is 17.0 Å². The number of amides is 1. The maximum Gasteiger partial charge on any atom is 0.410 e. The van der Waals surface area contributed by atoms with Gasteiger partial charge >= 0.3 is 6.09 Å². The first kappa shape index (κ1) is 20.2. The predicted molar refractivity (Wildman–Crippen MR) is 100 cm³/mol. The van der Waals surface area contributed by atoms with Crippen molar-refractivity contribution in [1.29, 1.82) is 5.26 Å². The highest BCUT2D eigenvalue weighted by atomic mass is 35.5. The molecule has 1 saturated carbocycles. The highest BCUT2D eigenvalue weighted by Crippen LogP contribution is 2.29. The lowest BCUT2D eigenvalue weighted by Gasteiger charge is -2.38. The van der Waals surface area contributed by atoms with Crippen LogP contribution in [0.3, 0.4) is 0 Å². The van der Waals surface area contributed by atoms with Crippen molar-refractivity contribution >= 4 is 23.5 Å². The summed E-state index contributed by atoms with van der Waals surface area (Å²) in [5, 5.41) is 9.02. The highest BCUT2D eigenvalue weighted by Gasteiger charge is 2.31. The minimum atomic E-state index is -0.490. The molecule has 1 heterocycles. The Morgan fingerprint density at radius 3 is 2.35 bits per heavy atom. The Labute approximate surface area is 159 Å². The largest absolute Gasteiger partial charge is 0.444 e. The third kappa shape index (κ3) is 4.98. The van der Waals surface area contributed by atoms with Crippen LogP contribution >= 0.6 is 11.6 Å². The van der Waals surface area contributed by atoms with Gasteiger partial charge in [0.25, 0.3) is 0 Å². The fourth-order valence-electron chi connectivity index (χ4n) is 3.11. The van der Waals surface area contributed by atoms with E-state index in [4.69, 9.17) is 21.6 Å². The number of carbonyl (C=O) groups is 1. The third-order valence-corrected chi connectivity index (χ3v) is 4.89. The van der Waals surface area contributed by atoms with Crippen molar-refractivity contribution in [3.8, 4) is 6.07 Å². The molecule has 8 heteroatoms. The van der Waals surface area contributed by atoms with Crippen LogP contribution in [0.4, 0.5) is 10.6 Å². The number of anilines is 1. The monoisotopic (exact) mass is 379 g/mol. The molecule has 0 spiro atoms. The van der Waals surface area contributed by atoms with Crippen LogP contribution in [0.15, 0.2) is 6.20 Å². The van der Waals surface area contributed by atoms with Gasteiger partial charge in [0.2, 0.25) is 0 Å². The number of rotatable bonds is 3. The normalized spacial score (nSPS) is 20.2. The van der Waals surface area contributed by atoms with Gasteiger partial charge in [-0.1, -0.05) is 11.6 Å². The first-order valence-corrected chi connectivity index (χ1v) is 9.11. The Bertz CT molecular complexity index is 690. The van der Waals surface area contributed by atoms with Gasteiger partial charge in [0.1, 0.15) is 17.5 Å². The van der Waals surface area contributed by atoms with Gasteiger partial charge in [0, 0.05) is 26.2 Å². The quantitative estimate of drug-likeness (QED) is 0.797. The van der Waals surface area contributed by atoms with Crippen LogP contribution in [0, 0.1) is 11.3 Å². The molecule has 1 aliphatic rings. The average molecular weight is 380 g/mol. The van der Waals surface area contributed by atoms with Crippen LogP contribution in [0.2, 0.25) is 5.15 Å². The first-order valence-electron chi connectivity index (χ1n) is 8.73. The van der Waals surface area contributed by atoms with E-state index in [9.17, 15) is 4.79 Å². The minimum absolute atomic E-state index is 0.121. The SMILES string of the molecule is CN(C(=O)OC(C)(C)C)[C@H]1CC[C@H](N(C)c2cnc(C#N)c(Cl)n2)CC1. The summed E-state index contributed by atoms with van der Waals surface area (Å²) >= 11 is 5.98. The number of hydrogen-bond acceptors (Lipinski definition) is 6. The van der Waals surface area contributed by atoms with Crippen molar-refractivity contribution in [1.82, 2.24) is 14.9 Å². The Morgan fingerprint density at radius 1 is 1.27 bits per heavy atom. The van der Waals surface area contributed by atoms with Gasteiger partial charge in [-0.05, 0) is 46.5 Å². The van der Waals surface area contributed by atoms with Crippen LogP contribution in [0.1, 0.15) is 52.1 Å². The zero-order chi connectivity index (χ0) is 19.5. The van der Waals surface area contributed by atoms with E-state index in [0.717, 1.165) is 25.7 Å². The number of ether oxygens (including phenoxy) is 1. The van der Waals surface area contributed by atoms with Crippen LogP contribution in [-0.2, 0) is 4.74 Å². The summed E-state index contributed by atoms with van der Waals surface area (Å²) in [5.41, 5.74) is -0.359. The molecule has 142 valence electrons. The van der Waals surface area contributed by atoms with Gasteiger partial charge in [0.15, 0.2) is 10.8 Å². The van der Waals surface area contributed by atoms with Gasteiger partial charge in [-0.3, -0.25) is 0 Å². The highest BCUT2D eigenvalue weighted by molar-refractivity contribution is 6.30. The fourth-order valence-corrected chi connectivity index (χ4v) is 3.28. The summed E-state index contributed by atoms with van der Waals surface area (Å²) in [7, 11) is 3.75. The zero-order valence-electron chi connectivity index (χ0n) is 16.0. The lowest BCUT2D eigenvalue weighted by atomic mass is 9.89. The van der Waals surface area contributed by atoms with Crippen LogP contribution in [-0.4, -0.2) is 52.7 Å². The molecule has 0 unspecified atom stereocenters. The van der Waals surface area contributed by atoms with Crippen molar-refractivity contribution in [3.63, 3.8) is 0 Å². The van der Waals surface area contributed by atoms with Crippen molar-refractivity contribution in [2.75, 3.05) is 19.0 Å². The molecular weight excluding hydrogens is 354 g/mol. The zero-order valence-corrected chi connectivity index (χ0v) is 16.7. The van der Waals surface area contributed by atoms with E-state index in [2.05, 4.69) is 9.97 Å². The summed E-state index contributed by atoms with van der Waals surface area (Å²) in [5.74, 6) is 0.651. The van der Waals surface area contributed by atoms with Crippen molar-refractivity contribution < 1.29 is 9.53 Å². The molecule has 1 aromatic heterocycles. The molecule has 0 aromatic carbocycles. The van der Waals surface area contributed by atoms with Gasteiger partial charge in [-0.25, -0.2) is 14.8 Å². The van der Waals surface area contributed by atoms with E-state index < -0.39 is 5.60 Å². The van der Waals surface area contributed by atoms with Crippen molar-refractivity contribution in [2.45, 2.75) is 64.1 Å². The van der Waals surface area contributed by atoms with Gasteiger partial charge in [0.05, 0.1) is 6.20 Å². The number of hydrogen-bond donors (Lipinski definition) is 0. The Hall–Kier alpha value is -2.07. The third-order valence-electron chi connectivity index (χ3n) is 4.63. The van der Waals surface area contributed by atoms with E-state index in [1.165, 1.54) is 0 Å². The number of nitriles is 1. The molecule has 2 rings (SSSR count). The molecule has 26 heavy (non-hydrogen) atoms. The van der Waals surface area contributed by atoms with E-state index in [1.807, 2.05) is 38.8 Å². The number of nitrogens with zero attached hydrogens (tertiary/aromatic N) is 5. The van der Waals surface area contributed by atoms with E-state index in [0.29, 0.717) is 5.82 Å². The molecule has 1 aromatic rings. The van der Waals surface area contributed by atoms with Crippen molar-refractivity contribution in [2.24, 2.45) is 0 Å². The molecule has 7 nitrogen and oxygen atoms in total. The minimum Gasteiger partial charge on any atom is -0.444 e. The predicted octanol–water partition coefficient (Wildman–Crippen LogP) is 3.62. The van der Waals surface area contributed by atoms with Crippen LogP contribution < -0.4 is 4.90 Å². The Balaban J connectivity index is 1.94. The summed E-state index contributed by atoms with van der Waals surface area (Å²) < 4.78 is 5.45. The summed E-state index contributed by atoms with van der Waals surface area (Å²) in [6.45, 7) is 5.61. The molecule has 0 radical (unpaired) electrons. The molecule has 1 fully saturated rings. The molecule has 1 aliphatic carbocycles. The number of carbonyl (C=O) groups excluding carboxylic acids is 1. The lowest BCUT2D eigenvalue weighted by Crippen LogP contribution is -2.45. The second-order valence-corrected chi connectivity index (χ2v) is 8.00. The van der Waals surface area contributed by atoms with Crippen LogP contribution in [0.5, 0.6) is 0 Å². The van der Waals surface area contributed by atoms with Gasteiger partial charge in [-0.15, -0.1) is 0 Å². The first-order chi connectivity index (χ1) is 12.1. The molecule has 0 aliphatic heterocycles. The topological polar surface area (TPSA) is 82.4 Å². The van der Waals surface area contributed by atoms with E-state index in [1.54, 1.807) is 18.1 Å². The maximum absolute atomic E-state index is 12.2. The molecule has 1 amide bonds. The lowest BCUT2D eigenvalue weighted by molar-refractivity contribution is 0.0183. The second kappa shape index (κ2) is 8.09.